The van der Waals surface area contributed by atoms with Gasteiger partial charge in [-0.3, -0.25) is 14.0 Å². The van der Waals surface area contributed by atoms with Crippen LogP contribution in [0.2, 0.25) is 5.02 Å². The number of pyridine rings is 1. The number of halogens is 1. The second kappa shape index (κ2) is 10.7. The molecule has 0 saturated carbocycles. The number of methoxy groups -OCH3 is 2. The van der Waals surface area contributed by atoms with E-state index in [4.69, 9.17) is 21.1 Å². The average Bonchev–Trinajstić information content (AvgIpc) is 3.51. The van der Waals surface area contributed by atoms with Crippen LogP contribution in [-0.4, -0.2) is 72.4 Å². The molecule has 3 atom stereocenters. The summed E-state index contributed by atoms with van der Waals surface area (Å²) in [4.78, 5) is 17.0. The third-order valence-corrected chi connectivity index (χ3v) is 7.55. The van der Waals surface area contributed by atoms with E-state index in [0.29, 0.717) is 28.2 Å². The summed E-state index contributed by atoms with van der Waals surface area (Å²) in [7, 11) is 0.503. The molecule has 1 N–H and O–H groups in total. The van der Waals surface area contributed by atoms with Crippen molar-refractivity contribution in [3.05, 3.63) is 53.6 Å². The molecule has 0 unspecified atom stereocenters. The molecule has 4 aromatic rings. The molecule has 0 radical (unpaired) electrons. The third-order valence-electron chi connectivity index (χ3n) is 5.66. The third kappa shape index (κ3) is 5.38. The van der Waals surface area contributed by atoms with Gasteiger partial charge in [-0.2, -0.15) is 5.10 Å². The Morgan fingerprint density at radius 1 is 1.08 bits per heavy atom. The lowest BCUT2D eigenvalue weighted by molar-refractivity contribution is 0.0950. The standard InChI is InChI=1S/C21H25ClN10O4S/c1-12(19-25-11-26-31(19)3)32-20(15-7-6-8-16(27-15)35-4)28-29-21(32)30-37(33,34)13(2)17(36-5)18-23-9-14(22)10-24-18/h6-13,17H,1-5H3,(H,29,30)/t12-,13+,17+/m1/s1. The van der Waals surface area contributed by atoms with Gasteiger partial charge in [-0.05, 0) is 19.9 Å². The lowest BCUT2D eigenvalue weighted by Crippen LogP contribution is -2.34. The Morgan fingerprint density at radius 3 is 2.43 bits per heavy atom. The Hall–Kier alpha value is -3.69. The van der Waals surface area contributed by atoms with E-state index in [-0.39, 0.29) is 11.8 Å². The van der Waals surface area contributed by atoms with Crippen LogP contribution in [0.25, 0.3) is 11.5 Å². The first-order valence-electron chi connectivity index (χ1n) is 11.0. The van der Waals surface area contributed by atoms with Gasteiger partial charge in [0.25, 0.3) is 0 Å². The number of hydrogen-bond acceptors (Lipinski definition) is 11. The molecular formula is C21H25ClN10O4S. The van der Waals surface area contributed by atoms with E-state index in [1.54, 1.807) is 34.5 Å². The van der Waals surface area contributed by atoms with E-state index in [2.05, 4.69) is 40.0 Å². The van der Waals surface area contributed by atoms with Crippen LogP contribution in [0, 0.1) is 0 Å². The van der Waals surface area contributed by atoms with E-state index < -0.39 is 27.4 Å². The van der Waals surface area contributed by atoms with E-state index in [1.165, 1.54) is 39.9 Å². The highest BCUT2D eigenvalue weighted by Gasteiger charge is 2.35. The highest BCUT2D eigenvalue weighted by Crippen LogP contribution is 2.30. The van der Waals surface area contributed by atoms with Gasteiger partial charge in [0.05, 0.1) is 18.2 Å². The van der Waals surface area contributed by atoms with Gasteiger partial charge in [0.1, 0.15) is 29.2 Å². The quantitative estimate of drug-likeness (QED) is 0.308. The molecule has 0 aliphatic heterocycles. The zero-order valence-electron chi connectivity index (χ0n) is 20.6. The molecule has 4 heterocycles. The first-order chi connectivity index (χ1) is 17.7. The van der Waals surface area contributed by atoms with E-state index in [1.807, 2.05) is 6.92 Å². The molecule has 0 aromatic carbocycles. The molecular weight excluding hydrogens is 524 g/mol. The molecule has 0 aliphatic rings. The van der Waals surface area contributed by atoms with Crippen LogP contribution in [-0.2, 0) is 21.8 Å². The fraction of sp³-hybridized carbons (Fsp3) is 0.381. The van der Waals surface area contributed by atoms with Gasteiger partial charge in [0.15, 0.2) is 11.6 Å². The lowest BCUT2D eigenvalue weighted by atomic mass is 10.2. The summed E-state index contributed by atoms with van der Waals surface area (Å²) in [5.74, 6) is 1.32. The first kappa shape index (κ1) is 26.4. The van der Waals surface area contributed by atoms with Gasteiger partial charge in [0.2, 0.25) is 21.9 Å². The van der Waals surface area contributed by atoms with E-state index in [0.717, 1.165) is 0 Å². The molecule has 0 spiro atoms. The SMILES string of the molecule is COc1cccc(-c2nnc(NS(=O)(=O)[C@@H](C)[C@H](OC)c3ncc(Cl)cn3)n2[C@H](C)c2ncnn2C)n1. The Kier molecular flexibility index (Phi) is 7.65. The number of rotatable bonds is 10. The van der Waals surface area contributed by atoms with Crippen LogP contribution in [0.15, 0.2) is 36.9 Å². The molecule has 0 fully saturated rings. The van der Waals surface area contributed by atoms with Crippen molar-refractivity contribution in [3.63, 3.8) is 0 Å². The maximum absolute atomic E-state index is 13.5. The Balaban J connectivity index is 1.75. The number of sulfonamides is 1. The smallest absolute Gasteiger partial charge is 0.240 e. The van der Waals surface area contributed by atoms with Crippen LogP contribution in [0.1, 0.15) is 37.6 Å². The van der Waals surface area contributed by atoms with Gasteiger partial charge in [-0.15, -0.1) is 10.2 Å². The first-order valence-corrected chi connectivity index (χ1v) is 12.9. The minimum absolute atomic E-state index is 0.0474. The normalized spacial score (nSPS) is 14.2. The minimum atomic E-state index is -4.10. The topological polar surface area (TPSA) is 165 Å². The fourth-order valence-corrected chi connectivity index (χ4v) is 4.95. The Labute approximate surface area is 218 Å². The number of ether oxygens (including phenoxy) is 2. The number of anilines is 1. The predicted octanol–water partition coefficient (Wildman–Crippen LogP) is 2.05. The van der Waals surface area contributed by atoms with Gasteiger partial charge in [-0.25, -0.2) is 28.4 Å². The molecule has 0 amide bonds. The van der Waals surface area contributed by atoms with Crippen molar-refractivity contribution in [2.75, 3.05) is 18.9 Å². The van der Waals surface area contributed by atoms with Crippen LogP contribution < -0.4 is 9.46 Å². The Morgan fingerprint density at radius 2 is 1.81 bits per heavy atom. The van der Waals surface area contributed by atoms with Gasteiger partial charge < -0.3 is 9.47 Å². The van der Waals surface area contributed by atoms with Crippen molar-refractivity contribution in [1.29, 1.82) is 0 Å². The second-order valence-electron chi connectivity index (χ2n) is 7.97. The summed E-state index contributed by atoms with van der Waals surface area (Å²) in [6, 6.07) is 4.61. The number of nitrogens with one attached hydrogen (secondary N) is 1. The van der Waals surface area contributed by atoms with Crippen molar-refractivity contribution in [1.82, 2.24) is 44.5 Å². The number of aromatic nitrogens is 9. The molecule has 16 heteroatoms. The van der Waals surface area contributed by atoms with Crippen LogP contribution in [0.5, 0.6) is 5.88 Å². The number of hydrogen-bond donors (Lipinski definition) is 1. The molecule has 196 valence electrons. The van der Waals surface area contributed by atoms with Crippen LogP contribution >= 0.6 is 11.6 Å². The summed E-state index contributed by atoms with van der Waals surface area (Å²) < 4.78 is 43.4. The molecule has 0 bridgehead atoms. The van der Waals surface area contributed by atoms with Gasteiger partial charge in [-0.1, -0.05) is 17.7 Å². The number of nitrogens with zero attached hydrogens (tertiary/aromatic N) is 9. The maximum atomic E-state index is 13.5. The van der Waals surface area contributed by atoms with Gasteiger partial charge in [0, 0.05) is 32.6 Å². The van der Waals surface area contributed by atoms with Crippen molar-refractivity contribution >= 4 is 27.6 Å². The minimum Gasteiger partial charge on any atom is -0.481 e. The van der Waals surface area contributed by atoms with Crippen molar-refractivity contribution in [2.45, 2.75) is 31.2 Å². The molecule has 37 heavy (non-hydrogen) atoms. The van der Waals surface area contributed by atoms with Crippen molar-refractivity contribution in [2.24, 2.45) is 7.05 Å². The number of aryl methyl sites for hydroxylation is 1. The average molecular weight is 549 g/mol. The predicted molar refractivity (Wildman–Crippen MR) is 133 cm³/mol. The van der Waals surface area contributed by atoms with E-state index >= 15 is 0 Å². The molecule has 0 saturated heterocycles. The summed E-state index contributed by atoms with van der Waals surface area (Å²) >= 11 is 5.87. The molecule has 4 rings (SSSR count). The highest BCUT2D eigenvalue weighted by atomic mass is 35.5. The molecule has 0 aliphatic carbocycles. The summed E-state index contributed by atoms with van der Waals surface area (Å²) in [6.45, 7) is 3.30. The Bertz CT molecular complexity index is 1470. The zero-order chi connectivity index (χ0) is 26.7. The second-order valence-corrected chi connectivity index (χ2v) is 10.4. The highest BCUT2D eigenvalue weighted by molar-refractivity contribution is 7.93. The van der Waals surface area contributed by atoms with E-state index in [9.17, 15) is 8.42 Å². The largest absolute Gasteiger partial charge is 0.481 e. The van der Waals surface area contributed by atoms with Crippen LogP contribution in [0.4, 0.5) is 5.95 Å². The summed E-state index contributed by atoms with van der Waals surface area (Å²) in [5, 5.41) is 11.7. The summed E-state index contributed by atoms with van der Waals surface area (Å²) in [5.41, 5.74) is 0.420. The monoisotopic (exact) mass is 548 g/mol. The lowest BCUT2D eigenvalue weighted by Gasteiger charge is -2.23. The maximum Gasteiger partial charge on any atom is 0.240 e. The molecule has 4 aromatic heterocycles. The summed E-state index contributed by atoms with van der Waals surface area (Å²) in [6.07, 6.45) is 3.16. The van der Waals surface area contributed by atoms with Crippen molar-refractivity contribution < 1.29 is 17.9 Å². The molecule has 14 nitrogen and oxygen atoms in total. The fourth-order valence-electron chi connectivity index (χ4n) is 3.71. The van der Waals surface area contributed by atoms with Crippen molar-refractivity contribution in [3.8, 4) is 17.4 Å². The van der Waals surface area contributed by atoms with Crippen LogP contribution in [0.3, 0.4) is 0 Å². The van der Waals surface area contributed by atoms with Gasteiger partial charge >= 0.3 is 0 Å². The zero-order valence-corrected chi connectivity index (χ0v) is 22.2.